The van der Waals surface area contributed by atoms with Gasteiger partial charge in [0.25, 0.3) is 5.91 Å². The average molecular weight is 236 g/mol. The van der Waals surface area contributed by atoms with Gasteiger partial charge in [-0.1, -0.05) is 6.07 Å². The molecule has 1 unspecified atom stereocenters. The normalized spacial score (nSPS) is 18.2. The van der Waals surface area contributed by atoms with E-state index in [1.807, 2.05) is 18.2 Å². The highest BCUT2D eigenvalue weighted by molar-refractivity contribution is 5.97. The molecule has 0 saturated heterocycles. The number of ether oxygens (including phenoxy) is 1. The number of rotatable bonds is 4. The molecule has 1 aromatic rings. The Kier molecular flexibility index (Phi) is 3.58. The zero-order valence-electron chi connectivity index (χ0n) is 9.62. The number of anilines is 1. The standard InChI is InChI=1S/C11H16N4O2/c1-7-11(16)15-9-4-8(5-13-6-14-12)2-3-10(9)17-7/h2-4,7,13-14H,5-6,12H2,1H3,(H,15,16). The summed E-state index contributed by atoms with van der Waals surface area (Å²) in [6.07, 6.45) is -0.437. The summed E-state index contributed by atoms with van der Waals surface area (Å²) < 4.78 is 5.46. The Balaban J connectivity index is 2.09. The summed E-state index contributed by atoms with van der Waals surface area (Å²) in [7, 11) is 0. The number of carbonyl (C=O) groups excluding carboxylic acids is 1. The molecule has 0 spiro atoms. The Morgan fingerprint density at radius 3 is 3.12 bits per heavy atom. The molecule has 0 aliphatic carbocycles. The topological polar surface area (TPSA) is 88.4 Å². The Labute approximate surface area is 99.5 Å². The first-order valence-corrected chi connectivity index (χ1v) is 5.45. The molecule has 2 rings (SSSR count). The van der Waals surface area contributed by atoms with Crippen LogP contribution in [0.1, 0.15) is 12.5 Å². The molecule has 0 fully saturated rings. The van der Waals surface area contributed by atoms with Gasteiger partial charge in [0.1, 0.15) is 5.75 Å². The maximum atomic E-state index is 11.5. The number of fused-ring (bicyclic) bond motifs is 1. The van der Waals surface area contributed by atoms with Crippen molar-refractivity contribution in [3.63, 3.8) is 0 Å². The van der Waals surface area contributed by atoms with Gasteiger partial charge in [-0.2, -0.15) is 0 Å². The second kappa shape index (κ2) is 5.13. The molecule has 92 valence electrons. The zero-order chi connectivity index (χ0) is 12.3. The van der Waals surface area contributed by atoms with Crippen LogP contribution in [0.5, 0.6) is 5.75 Å². The van der Waals surface area contributed by atoms with Crippen LogP contribution in [0.15, 0.2) is 18.2 Å². The fourth-order valence-corrected chi connectivity index (χ4v) is 1.64. The van der Waals surface area contributed by atoms with Gasteiger partial charge in [-0.3, -0.25) is 16.0 Å². The van der Waals surface area contributed by atoms with Crippen LogP contribution in [0, 0.1) is 0 Å². The smallest absolute Gasteiger partial charge is 0.265 e. The van der Waals surface area contributed by atoms with Crippen LogP contribution in [0.25, 0.3) is 0 Å². The molecule has 1 aliphatic heterocycles. The third-order valence-electron chi connectivity index (χ3n) is 2.53. The summed E-state index contributed by atoms with van der Waals surface area (Å²) in [6.45, 7) is 2.92. The van der Waals surface area contributed by atoms with E-state index in [4.69, 9.17) is 10.6 Å². The first-order valence-electron chi connectivity index (χ1n) is 5.45. The molecule has 1 amide bonds. The van der Waals surface area contributed by atoms with E-state index in [-0.39, 0.29) is 5.91 Å². The van der Waals surface area contributed by atoms with Gasteiger partial charge in [-0.25, -0.2) is 5.43 Å². The van der Waals surface area contributed by atoms with E-state index in [0.29, 0.717) is 24.7 Å². The molecular weight excluding hydrogens is 220 g/mol. The average Bonchev–Trinajstić information content (AvgIpc) is 2.31. The van der Waals surface area contributed by atoms with Crippen LogP contribution < -0.4 is 26.6 Å². The predicted molar refractivity (Wildman–Crippen MR) is 64.2 cm³/mol. The molecule has 0 saturated carbocycles. The SMILES string of the molecule is CC1Oc2ccc(CNCNN)cc2NC1=O. The molecule has 17 heavy (non-hydrogen) atoms. The van der Waals surface area contributed by atoms with Crippen LogP contribution in [-0.2, 0) is 11.3 Å². The molecule has 1 atom stereocenters. The molecule has 0 aromatic heterocycles. The lowest BCUT2D eigenvalue weighted by Crippen LogP contribution is -2.35. The number of amides is 1. The second-order valence-electron chi connectivity index (χ2n) is 3.89. The van der Waals surface area contributed by atoms with Crippen molar-refractivity contribution in [2.75, 3.05) is 12.0 Å². The summed E-state index contributed by atoms with van der Waals surface area (Å²) in [5, 5.41) is 5.90. The monoisotopic (exact) mass is 236 g/mol. The van der Waals surface area contributed by atoms with Crippen molar-refractivity contribution in [3.05, 3.63) is 23.8 Å². The van der Waals surface area contributed by atoms with Crippen LogP contribution in [0.2, 0.25) is 0 Å². The number of benzene rings is 1. The van der Waals surface area contributed by atoms with Crippen molar-refractivity contribution in [1.29, 1.82) is 0 Å². The largest absolute Gasteiger partial charge is 0.479 e. The van der Waals surface area contributed by atoms with E-state index in [2.05, 4.69) is 16.1 Å². The van der Waals surface area contributed by atoms with Gasteiger partial charge >= 0.3 is 0 Å². The molecule has 1 aliphatic rings. The van der Waals surface area contributed by atoms with Crippen LogP contribution >= 0.6 is 0 Å². The van der Waals surface area contributed by atoms with E-state index >= 15 is 0 Å². The Morgan fingerprint density at radius 2 is 2.35 bits per heavy atom. The highest BCUT2D eigenvalue weighted by atomic mass is 16.5. The van der Waals surface area contributed by atoms with E-state index in [1.165, 1.54) is 0 Å². The van der Waals surface area contributed by atoms with Gasteiger partial charge in [0.2, 0.25) is 0 Å². The van der Waals surface area contributed by atoms with E-state index in [9.17, 15) is 4.79 Å². The Hall–Kier alpha value is -1.63. The number of hydrazine groups is 1. The number of hydrogen-bond donors (Lipinski definition) is 4. The highest BCUT2D eigenvalue weighted by Crippen LogP contribution is 2.30. The zero-order valence-corrected chi connectivity index (χ0v) is 9.62. The number of hydrogen-bond acceptors (Lipinski definition) is 5. The van der Waals surface area contributed by atoms with Gasteiger partial charge < -0.3 is 10.1 Å². The van der Waals surface area contributed by atoms with Gasteiger partial charge in [0, 0.05) is 6.54 Å². The number of nitrogens with one attached hydrogen (secondary N) is 3. The number of carbonyl (C=O) groups is 1. The third-order valence-corrected chi connectivity index (χ3v) is 2.53. The first-order chi connectivity index (χ1) is 8.20. The molecule has 5 N–H and O–H groups in total. The Morgan fingerprint density at radius 1 is 1.53 bits per heavy atom. The van der Waals surface area contributed by atoms with Crippen molar-refractivity contribution in [1.82, 2.24) is 10.7 Å². The van der Waals surface area contributed by atoms with Crippen molar-refractivity contribution in [2.24, 2.45) is 5.84 Å². The molecule has 0 radical (unpaired) electrons. The van der Waals surface area contributed by atoms with Gasteiger partial charge in [-0.05, 0) is 24.6 Å². The number of nitrogens with two attached hydrogens (primary N) is 1. The lowest BCUT2D eigenvalue weighted by Gasteiger charge is -2.23. The molecule has 1 aromatic carbocycles. The predicted octanol–water partition coefficient (Wildman–Crippen LogP) is -0.0836. The minimum Gasteiger partial charge on any atom is -0.479 e. The molecule has 6 nitrogen and oxygen atoms in total. The van der Waals surface area contributed by atoms with Gasteiger partial charge in [0.05, 0.1) is 12.4 Å². The summed E-state index contributed by atoms with van der Waals surface area (Å²) >= 11 is 0. The quantitative estimate of drug-likeness (QED) is 0.254. The summed E-state index contributed by atoms with van der Waals surface area (Å²) in [5.41, 5.74) is 4.28. The third kappa shape index (κ3) is 2.73. The van der Waals surface area contributed by atoms with Crippen LogP contribution in [0.3, 0.4) is 0 Å². The summed E-state index contributed by atoms with van der Waals surface area (Å²) in [5.74, 6) is 5.73. The lowest BCUT2D eigenvalue weighted by atomic mass is 10.1. The second-order valence-corrected chi connectivity index (χ2v) is 3.89. The van der Waals surface area contributed by atoms with Gasteiger partial charge in [0.15, 0.2) is 6.10 Å². The molecular formula is C11H16N4O2. The minimum atomic E-state index is -0.437. The van der Waals surface area contributed by atoms with Crippen LogP contribution in [0.4, 0.5) is 5.69 Å². The lowest BCUT2D eigenvalue weighted by molar-refractivity contribution is -0.122. The molecule has 0 bridgehead atoms. The summed E-state index contributed by atoms with van der Waals surface area (Å²) in [4.78, 5) is 11.5. The molecule has 1 heterocycles. The van der Waals surface area contributed by atoms with Crippen molar-refractivity contribution < 1.29 is 9.53 Å². The maximum absolute atomic E-state index is 11.5. The minimum absolute atomic E-state index is 0.119. The fraction of sp³-hybridized carbons (Fsp3) is 0.364. The van der Waals surface area contributed by atoms with E-state index in [1.54, 1.807) is 6.92 Å². The molecule has 6 heteroatoms. The van der Waals surface area contributed by atoms with Crippen LogP contribution in [-0.4, -0.2) is 18.7 Å². The maximum Gasteiger partial charge on any atom is 0.265 e. The fourth-order valence-electron chi connectivity index (χ4n) is 1.64. The van der Waals surface area contributed by atoms with Crippen molar-refractivity contribution in [2.45, 2.75) is 19.6 Å². The van der Waals surface area contributed by atoms with E-state index < -0.39 is 6.10 Å². The van der Waals surface area contributed by atoms with Gasteiger partial charge in [-0.15, -0.1) is 0 Å². The highest BCUT2D eigenvalue weighted by Gasteiger charge is 2.23. The van der Waals surface area contributed by atoms with E-state index in [0.717, 1.165) is 5.56 Å². The Bertz CT molecular complexity index is 422. The van der Waals surface area contributed by atoms with Crippen molar-refractivity contribution in [3.8, 4) is 5.75 Å². The van der Waals surface area contributed by atoms with Crippen molar-refractivity contribution >= 4 is 11.6 Å². The summed E-state index contributed by atoms with van der Waals surface area (Å²) in [6, 6.07) is 5.70. The first kappa shape index (κ1) is 11.8.